The molecule has 0 aliphatic heterocycles. The topological polar surface area (TPSA) is 73.8 Å². The van der Waals surface area contributed by atoms with Crippen molar-refractivity contribution in [1.82, 2.24) is 14.8 Å². The standard InChI is InChI=1S/C13H5BrF4N4O2/c14-6-1-8-10(21-5-7(4-19-21)22(23)24)3-11(13(16,17)18)20-12(8)9(15)2-6/h1-5H. The Hall–Kier alpha value is -2.56. The lowest BCUT2D eigenvalue weighted by molar-refractivity contribution is -0.384. The van der Waals surface area contributed by atoms with Crippen molar-refractivity contribution in [2.45, 2.75) is 6.18 Å². The highest BCUT2D eigenvalue weighted by atomic mass is 79.9. The first-order valence-corrected chi connectivity index (χ1v) is 7.02. The third-order valence-corrected chi connectivity index (χ3v) is 3.58. The molecule has 2 heterocycles. The van der Waals surface area contributed by atoms with Crippen LogP contribution in [0.1, 0.15) is 5.69 Å². The van der Waals surface area contributed by atoms with Crippen molar-refractivity contribution in [1.29, 1.82) is 0 Å². The molecule has 0 aliphatic rings. The summed E-state index contributed by atoms with van der Waals surface area (Å²) >= 11 is 3.05. The number of nitrogens with zero attached hydrogens (tertiary/aromatic N) is 4. The molecule has 0 bridgehead atoms. The quantitative estimate of drug-likeness (QED) is 0.363. The minimum absolute atomic E-state index is 0.0212. The maximum absolute atomic E-state index is 14.0. The van der Waals surface area contributed by atoms with Crippen LogP contribution in [0.25, 0.3) is 16.6 Å². The first kappa shape index (κ1) is 16.3. The minimum Gasteiger partial charge on any atom is -0.258 e. The van der Waals surface area contributed by atoms with Crippen LogP contribution in [0.2, 0.25) is 0 Å². The number of alkyl halides is 3. The Morgan fingerprint density at radius 1 is 1.25 bits per heavy atom. The SMILES string of the molecule is O=[N+]([O-])c1cnn(-c2cc(C(F)(F)F)nc3c(F)cc(Br)cc23)c1. The zero-order valence-electron chi connectivity index (χ0n) is 11.4. The predicted molar refractivity (Wildman–Crippen MR) is 78.2 cm³/mol. The Labute approximate surface area is 139 Å². The Bertz CT molecular complexity index is 970. The van der Waals surface area contributed by atoms with Crippen LogP contribution in [0.15, 0.2) is 35.1 Å². The summed E-state index contributed by atoms with van der Waals surface area (Å²) in [4.78, 5) is 13.3. The zero-order chi connectivity index (χ0) is 17.6. The fourth-order valence-electron chi connectivity index (χ4n) is 2.11. The Kier molecular flexibility index (Phi) is 3.74. The van der Waals surface area contributed by atoms with E-state index in [4.69, 9.17) is 0 Å². The first-order valence-electron chi connectivity index (χ1n) is 6.23. The van der Waals surface area contributed by atoms with Crippen molar-refractivity contribution >= 4 is 32.5 Å². The van der Waals surface area contributed by atoms with E-state index in [2.05, 4.69) is 26.0 Å². The van der Waals surface area contributed by atoms with Crippen molar-refractivity contribution in [3.8, 4) is 5.69 Å². The van der Waals surface area contributed by atoms with Gasteiger partial charge in [0.05, 0.1) is 10.6 Å². The summed E-state index contributed by atoms with van der Waals surface area (Å²) in [7, 11) is 0. The summed E-state index contributed by atoms with van der Waals surface area (Å²) in [5, 5.41) is 14.4. The minimum atomic E-state index is -4.82. The molecule has 0 radical (unpaired) electrons. The fraction of sp³-hybridized carbons (Fsp3) is 0.0769. The van der Waals surface area contributed by atoms with Gasteiger partial charge in [0.2, 0.25) is 0 Å². The zero-order valence-corrected chi connectivity index (χ0v) is 13.0. The van der Waals surface area contributed by atoms with Gasteiger partial charge >= 0.3 is 11.9 Å². The van der Waals surface area contributed by atoms with E-state index in [0.29, 0.717) is 6.07 Å². The number of hydrogen-bond donors (Lipinski definition) is 0. The largest absolute Gasteiger partial charge is 0.433 e. The van der Waals surface area contributed by atoms with Crippen molar-refractivity contribution in [3.63, 3.8) is 0 Å². The molecule has 0 unspecified atom stereocenters. The Morgan fingerprint density at radius 3 is 2.54 bits per heavy atom. The van der Waals surface area contributed by atoms with Crippen LogP contribution in [0.4, 0.5) is 23.2 Å². The second-order valence-electron chi connectivity index (χ2n) is 4.71. The second-order valence-corrected chi connectivity index (χ2v) is 5.62. The molecule has 0 saturated heterocycles. The highest BCUT2D eigenvalue weighted by molar-refractivity contribution is 9.10. The molecule has 6 nitrogen and oxygen atoms in total. The molecule has 0 spiro atoms. The van der Waals surface area contributed by atoms with E-state index in [1.807, 2.05) is 0 Å². The number of nitro groups is 1. The van der Waals surface area contributed by atoms with Gasteiger partial charge in [0.25, 0.3) is 0 Å². The van der Waals surface area contributed by atoms with Crippen LogP contribution in [0.3, 0.4) is 0 Å². The molecule has 3 rings (SSSR count). The molecule has 0 atom stereocenters. The highest BCUT2D eigenvalue weighted by Gasteiger charge is 2.34. The van der Waals surface area contributed by atoms with Crippen molar-refractivity contribution in [2.24, 2.45) is 0 Å². The van der Waals surface area contributed by atoms with Crippen molar-refractivity contribution in [3.05, 3.63) is 56.7 Å². The molecule has 0 N–H and O–H groups in total. The summed E-state index contributed by atoms with van der Waals surface area (Å²) in [6.07, 6.45) is -3.00. The Morgan fingerprint density at radius 2 is 1.96 bits per heavy atom. The van der Waals surface area contributed by atoms with Gasteiger partial charge in [-0.2, -0.15) is 18.3 Å². The van der Waals surface area contributed by atoms with Gasteiger partial charge in [-0.1, -0.05) is 15.9 Å². The number of halogens is 5. The van der Waals surface area contributed by atoms with Crippen LogP contribution in [0.5, 0.6) is 0 Å². The average Bonchev–Trinajstić information content (AvgIpc) is 2.95. The normalized spacial score (nSPS) is 11.9. The molecule has 0 saturated carbocycles. The van der Waals surface area contributed by atoms with Crippen LogP contribution in [0, 0.1) is 15.9 Å². The van der Waals surface area contributed by atoms with Crippen molar-refractivity contribution < 1.29 is 22.5 Å². The number of benzene rings is 1. The lowest BCUT2D eigenvalue weighted by atomic mass is 10.1. The summed E-state index contributed by atoms with van der Waals surface area (Å²) in [5.74, 6) is -0.964. The van der Waals surface area contributed by atoms with E-state index < -0.39 is 33.8 Å². The summed E-state index contributed by atoms with van der Waals surface area (Å²) in [6, 6.07) is 2.99. The lowest BCUT2D eigenvalue weighted by Gasteiger charge is -2.12. The van der Waals surface area contributed by atoms with Gasteiger partial charge in [0, 0.05) is 9.86 Å². The van der Waals surface area contributed by atoms with E-state index in [-0.39, 0.29) is 15.5 Å². The molecule has 2 aromatic heterocycles. The van der Waals surface area contributed by atoms with Gasteiger partial charge in [-0.15, -0.1) is 0 Å². The van der Waals surface area contributed by atoms with E-state index in [1.165, 1.54) is 6.07 Å². The molecule has 124 valence electrons. The monoisotopic (exact) mass is 404 g/mol. The van der Waals surface area contributed by atoms with Crippen LogP contribution >= 0.6 is 15.9 Å². The third-order valence-electron chi connectivity index (χ3n) is 3.13. The van der Waals surface area contributed by atoms with Gasteiger partial charge in [0.1, 0.15) is 23.6 Å². The van der Waals surface area contributed by atoms with Crippen LogP contribution < -0.4 is 0 Å². The van der Waals surface area contributed by atoms with E-state index in [0.717, 1.165) is 23.1 Å². The van der Waals surface area contributed by atoms with Gasteiger partial charge in [-0.05, 0) is 18.2 Å². The molecule has 11 heteroatoms. The summed E-state index contributed by atoms with van der Waals surface area (Å²) in [6.45, 7) is 0. The number of aromatic nitrogens is 3. The molecule has 0 fully saturated rings. The molecule has 0 aliphatic carbocycles. The summed E-state index contributed by atoms with van der Waals surface area (Å²) in [5.41, 5.74) is -2.44. The molecular formula is C13H5BrF4N4O2. The van der Waals surface area contributed by atoms with Gasteiger partial charge < -0.3 is 0 Å². The van der Waals surface area contributed by atoms with E-state index in [9.17, 15) is 27.7 Å². The molecule has 0 amide bonds. The van der Waals surface area contributed by atoms with Crippen LogP contribution in [-0.2, 0) is 6.18 Å². The maximum atomic E-state index is 14.0. The highest BCUT2D eigenvalue weighted by Crippen LogP contribution is 2.34. The van der Waals surface area contributed by atoms with Gasteiger partial charge in [0.15, 0.2) is 5.82 Å². The number of pyridine rings is 1. The maximum Gasteiger partial charge on any atom is 0.433 e. The second kappa shape index (κ2) is 5.51. The van der Waals surface area contributed by atoms with Gasteiger partial charge in [-0.25, -0.2) is 14.1 Å². The Balaban J connectivity index is 2.37. The molecule has 3 aromatic rings. The van der Waals surface area contributed by atoms with E-state index in [1.54, 1.807) is 0 Å². The molecule has 1 aromatic carbocycles. The molecule has 24 heavy (non-hydrogen) atoms. The number of rotatable bonds is 2. The molecular weight excluding hydrogens is 400 g/mol. The number of fused-ring (bicyclic) bond motifs is 1. The number of hydrogen-bond acceptors (Lipinski definition) is 4. The third kappa shape index (κ3) is 2.82. The van der Waals surface area contributed by atoms with Crippen molar-refractivity contribution in [2.75, 3.05) is 0 Å². The van der Waals surface area contributed by atoms with E-state index >= 15 is 0 Å². The average molecular weight is 405 g/mol. The summed E-state index contributed by atoms with van der Waals surface area (Å²) < 4.78 is 54.3. The lowest BCUT2D eigenvalue weighted by Crippen LogP contribution is -2.10. The fourth-order valence-corrected chi connectivity index (χ4v) is 2.54. The first-order chi connectivity index (χ1) is 11.2. The predicted octanol–water partition coefficient (Wildman–Crippen LogP) is 4.25. The van der Waals surface area contributed by atoms with Crippen LogP contribution in [-0.4, -0.2) is 19.7 Å². The van der Waals surface area contributed by atoms with Gasteiger partial charge in [-0.3, -0.25) is 10.1 Å². The smallest absolute Gasteiger partial charge is 0.258 e.